The van der Waals surface area contributed by atoms with Gasteiger partial charge in [0.25, 0.3) is 5.91 Å². The van der Waals surface area contributed by atoms with E-state index in [2.05, 4.69) is 30.7 Å². The highest BCUT2D eigenvalue weighted by Gasteiger charge is 2.44. The van der Waals surface area contributed by atoms with Gasteiger partial charge >= 0.3 is 0 Å². The molecule has 8 nitrogen and oxygen atoms in total. The maximum absolute atomic E-state index is 13.6. The number of nitrogens with one attached hydrogen (secondary N) is 1. The predicted octanol–water partition coefficient (Wildman–Crippen LogP) is 3.00. The number of imidazole rings is 1. The summed E-state index contributed by atoms with van der Waals surface area (Å²) in [4.78, 5) is 30.8. The van der Waals surface area contributed by atoms with E-state index >= 15 is 0 Å². The number of terminal acetylenes is 1. The van der Waals surface area contributed by atoms with E-state index in [1.165, 1.54) is 0 Å². The molecule has 4 aromatic rings. The fourth-order valence-corrected chi connectivity index (χ4v) is 5.75. The van der Waals surface area contributed by atoms with Gasteiger partial charge in [-0.1, -0.05) is 18.1 Å². The summed E-state index contributed by atoms with van der Waals surface area (Å²) in [6.45, 7) is 0.915. The van der Waals surface area contributed by atoms with Crippen LogP contribution in [0.4, 0.5) is 5.95 Å². The molecule has 0 saturated carbocycles. The molecule has 7 rings (SSSR count). The van der Waals surface area contributed by atoms with Gasteiger partial charge in [0, 0.05) is 78.3 Å². The largest absolute Gasteiger partial charge is 0.338 e. The lowest BCUT2D eigenvalue weighted by atomic mass is 9.93. The summed E-state index contributed by atoms with van der Waals surface area (Å²) in [5.41, 5.74) is 4.95. The third kappa shape index (κ3) is 2.99. The van der Waals surface area contributed by atoms with Gasteiger partial charge in [-0.25, -0.2) is 15.0 Å². The van der Waals surface area contributed by atoms with Crippen LogP contribution in [0.3, 0.4) is 0 Å². The number of nitrogens with zero attached hydrogens (tertiary/aromatic N) is 6. The van der Waals surface area contributed by atoms with Crippen LogP contribution < -0.4 is 10.2 Å². The minimum absolute atomic E-state index is 0.324. The number of hydrogen-bond donors (Lipinski definition) is 1. The molecule has 0 unspecified atom stereocenters. The predicted molar refractivity (Wildman–Crippen MR) is 138 cm³/mol. The van der Waals surface area contributed by atoms with Crippen LogP contribution in [0, 0.1) is 12.3 Å². The summed E-state index contributed by atoms with van der Waals surface area (Å²) >= 11 is 0. The Labute approximate surface area is 213 Å². The van der Waals surface area contributed by atoms with Crippen molar-refractivity contribution >= 4 is 22.9 Å². The molecule has 0 spiro atoms. The number of carbonyl (C=O) groups is 1. The standard InChI is InChI=1S/C28H25N7O/c1-3-17-5-4-6-20-25(17)23-14-24(33(2)27(20)36)26-32-21-8-7-18(13-22(21)35(23)26)19-15-30-28(31-16-19)34-11-9-29-10-12-34/h1,4-8,13,15-16,23-24,29H,9-12,14H2,2H3/t23-,24-/m1/s1/i2D3. The van der Waals surface area contributed by atoms with Gasteiger partial charge in [0.1, 0.15) is 5.82 Å². The lowest BCUT2D eigenvalue weighted by molar-refractivity contribution is 0.0734. The van der Waals surface area contributed by atoms with E-state index in [0.717, 1.165) is 53.2 Å². The second kappa shape index (κ2) is 7.90. The van der Waals surface area contributed by atoms with E-state index < -0.39 is 18.9 Å². The highest BCUT2D eigenvalue weighted by molar-refractivity contribution is 5.98. The SMILES string of the molecule is [2H]C([2H])([2H])N1C(=O)c2cccc(C#C)c2[C@H]2C[C@@H]1c1nc3ccc(-c4cnc(N5CCNCC5)nc4)cc3n12. The molecule has 0 radical (unpaired) electrons. The summed E-state index contributed by atoms with van der Waals surface area (Å²) in [5, 5.41) is 3.33. The first-order valence-electron chi connectivity index (χ1n) is 13.6. The van der Waals surface area contributed by atoms with Crippen LogP contribution in [0.15, 0.2) is 48.8 Å². The Hall–Kier alpha value is -4.22. The summed E-state index contributed by atoms with van der Waals surface area (Å²) in [6.07, 6.45) is 9.91. The Kier molecular flexibility index (Phi) is 3.97. The zero-order chi connectivity index (χ0) is 26.9. The molecular formula is C28H25N7O. The van der Waals surface area contributed by atoms with Gasteiger partial charge in [0.2, 0.25) is 5.95 Å². The molecule has 0 aliphatic carbocycles. The monoisotopic (exact) mass is 478 g/mol. The molecule has 1 N–H and O–H groups in total. The van der Waals surface area contributed by atoms with Gasteiger partial charge in [-0.15, -0.1) is 6.42 Å². The zero-order valence-corrected chi connectivity index (χ0v) is 19.5. The molecule has 5 heterocycles. The van der Waals surface area contributed by atoms with E-state index in [4.69, 9.17) is 15.5 Å². The van der Waals surface area contributed by atoms with Crippen molar-refractivity contribution < 1.29 is 8.91 Å². The molecule has 2 aromatic carbocycles. The molecular weight excluding hydrogens is 450 g/mol. The van der Waals surface area contributed by atoms with Gasteiger partial charge in [-0.2, -0.15) is 0 Å². The van der Waals surface area contributed by atoms with Crippen LogP contribution in [-0.2, 0) is 0 Å². The van der Waals surface area contributed by atoms with E-state index in [1.807, 2.05) is 30.6 Å². The van der Waals surface area contributed by atoms with Crippen molar-refractivity contribution in [2.24, 2.45) is 0 Å². The maximum atomic E-state index is 13.6. The number of benzene rings is 2. The van der Waals surface area contributed by atoms with Crippen LogP contribution in [0.1, 0.15) is 49.9 Å². The van der Waals surface area contributed by atoms with Gasteiger partial charge in [-0.3, -0.25) is 4.79 Å². The smallest absolute Gasteiger partial charge is 0.254 e. The van der Waals surface area contributed by atoms with E-state index in [-0.39, 0.29) is 6.04 Å². The zero-order valence-electron chi connectivity index (χ0n) is 22.5. The Bertz CT molecular complexity index is 1670. The molecule has 8 heteroatoms. The summed E-state index contributed by atoms with van der Waals surface area (Å²) in [5.74, 6) is 3.43. The first kappa shape index (κ1) is 18.1. The molecule has 1 saturated heterocycles. The molecule has 2 bridgehead atoms. The van der Waals surface area contributed by atoms with Crippen molar-refractivity contribution in [3.05, 3.63) is 71.3 Å². The number of amides is 1. The molecule has 2 atom stereocenters. The fraction of sp³-hybridized carbons (Fsp3) is 0.286. The highest BCUT2D eigenvalue weighted by atomic mass is 16.2. The lowest BCUT2D eigenvalue weighted by Crippen LogP contribution is -2.44. The summed E-state index contributed by atoms with van der Waals surface area (Å²) in [6, 6.07) is 10.1. The van der Waals surface area contributed by atoms with Crippen molar-refractivity contribution in [3.63, 3.8) is 0 Å². The first-order chi connectivity index (χ1) is 18.8. The van der Waals surface area contributed by atoms with Gasteiger partial charge in [0.15, 0.2) is 0 Å². The van der Waals surface area contributed by atoms with E-state index in [9.17, 15) is 4.79 Å². The third-order valence-corrected chi connectivity index (χ3v) is 7.50. The number of aromatic nitrogens is 4. The molecule has 2 aromatic heterocycles. The Morgan fingerprint density at radius 2 is 1.94 bits per heavy atom. The number of carbonyl (C=O) groups excluding carboxylic acids is 1. The molecule has 1 amide bonds. The number of piperazine rings is 1. The average Bonchev–Trinajstić information content (AvgIpc) is 3.45. The number of rotatable bonds is 2. The molecule has 36 heavy (non-hydrogen) atoms. The van der Waals surface area contributed by atoms with Crippen LogP contribution in [-0.4, -0.2) is 63.5 Å². The van der Waals surface area contributed by atoms with Crippen LogP contribution in [0.2, 0.25) is 0 Å². The second-order valence-corrected chi connectivity index (χ2v) is 9.41. The van der Waals surface area contributed by atoms with Gasteiger partial charge < -0.3 is 19.7 Å². The fourth-order valence-electron chi connectivity index (χ4n) is 5.75. The maximum Gasteiger partial charge on any atom is 0.254 e. The van der Waals surface area contributed by atoms with Gasteiger partial charge in [0.05, 0.1) is 23.1 Å². The Morgan fingerprint density at radius 1 is 1.11 bits per heavy atom. The number of hydrogen-bond acceptors (Lipinski definition) is 6. The van der Waals surface area contributed by atoms with Crippen molar-refractivity contribution in [1.29, 1.82) is 0 Å². The molecule has 3 aliphatic heterocycles. The van der Waals surface area contributed by atoms with Gasteiger partial charge in [-0.05, 0) is 29.8 Å². The molecule has 1 fully saturated rings. The topological polar surface area (TPSA) is 79.2 Å². The van der Waals surface area contributed by atoms with Crippen molar-refractivity contribution in [3.8, 4) is 23.5 Å². The normalized spacial score (nSPS) is 22.3. The Balaban J connectivity index is 1.37. The van der Waals surface area contributed by atoms with E-state index in [0.29, 0.717) is 34.9 Å². The van der Waals surface area contributed by atoms with Crippen molar-refractivity contribution in [1.82, 2.24) is 29.7 Å². The second-order valence-electron chi connectivity index (χ2n) is 9.41. The summed E-state index contributed by atoms with van der Waals surface area (Å²) < 4.78 is 26.7. The van der Waals surface area contributed by atoms with Crippen molar-refractivity contribution in [2.45, 2.75) is 18.5 Å². The minimum atomic E-state index is -2.64. The third-order valence-electron chi connectivity index (χ3n) is 7.50. The van der Waals surface area contributed by atoms with Crippen molar-refractivity contribution in [2.75, 3.05) is 38.1 Å². The average molecular weight is 479 g/mol. The summed E-state index contributed by atoms with van der Waals surface area (Å²) in [7, 11) is 0. The van der Waals surface area contributed by atoms with Crippen LogP contribution in [0.25, 0.3) is 22.2 Å². The van der Waals surface area contributed by atoms with Crippen LogP contribution in [0.5, 0.6) is 0 Å². The molecule has 3 aliphatic rings. The lowest BCUT2D eigenvalue weighted by Gasteiger charge is -2.27. The highest BCUT2D eigenvalue weighted by Crippen LogP contribution is 2.48. The quantitative estimate of drug-likeness (QED) is 0.446. The molecule has 178 valence electrons. The Morgan fingerprint density at radius 3 is 2.72 bits per heavy atom. The van der Waals surface area contributed by atoms with Crippen LogP contribution >= 0.6 is 0 Å². The minimum Gasteiger partial charge on any atom is -0.338 e. The number of anilines is 1. The van der Waals surface area contributed by atoms with E-state index in [1.54, 1.807) is 18.2 Å². The first-order valence-corrected chi connectivity index (χ1v) is 12.1. The number of fused-ring (bicyclic) bond motifs is 9.